The molecule has 0 unspecified atom stereocenters. The van der Waals surface area contributed by atoms with Crippen LogP contribution in [0.4, 0.5) is 27.6 Å². The van der Waals surface area contributed by atoms with Gasteiger partial charge in [-0.05, 0) is 60.6 Å². The lowest BCUT2D eigenvalue weighted by molar-refractivity contribution is -0.116. The fraction of sp³-hybridized carbons (Fsp3) is 0.419. The Kier molecular flexibility index (Phi) is 8.67. The average molecular weight is 650 g/mol. The van der Waals surface area contributed by atoms with E-state index in [0.717, 1.165) is 18.3 Å². The van der Waals surface area contributed by atoms with Crippen molar-refractivity contribution in [1.29, 1.82) is 0 Å². The number of piperazine rings is 1. The summed E-state index contributed by atoms with van der Waals surface area (Å²) >= 11 is 0. The van der Waals surface area contributed by atoms with Crippen molar-refractivity contribution in [3.8, 4) is 0 Å². The molecule has 4 atom stereocenters. The number of pyridine rings is 1. The molecule has 6 rings (SSSR count). The van der Waals surface area contributed by atoms with Gasteiger partial charge in [-0.2, -0.15) is 17.0 Å². The second kappa shape index (κ2) is 12.4. The van der Waals surface area contributed by atoms with Crippen LogP contribution in [0.5, 0.6) is 0 Å². The monoisotopic (exact) mass is 649 g/mol. The largest absolute Gasteiger partial charge is 0.324 e. The number of anilines is 1. The summed E-state index contributed by atoms with van der Waals surface area (Å²) in [4.78, 5) is 17.2. The van der Waals surface area contributed by atoms with E-state index in [1.54, 1.807) is 0 Å². The number of alkyl halides is 1. The smallest absolute Gasteiger partial charge is 0.282 e. The predicted octanol–water partition coefficient (Wildman–Crippen LogP) is 4.29. The first-order valence-electron chi connectivity index (χ1n) is 14.7. The first-order chi connectivity index (χ1) is 21.5. The van der Waals surface area contributed by atoms with Gasteiger partial charge in [-0.25, -0.2) is 22.0 Å². The van der Waals surface area contributed by atoms with Crippen molar-refractivity contribution in [3.05, 3.63) is 94.8 Å². The highest BCUT2D eigenvalue weighted by Crippen LogP contribution is 2.53. The minimum atomic E-state index is -3.95. The zero-order valence-electron chi connectivity index (χ0n) is 24.2. The number of amides is 1. The number of hydrogen-bond donors (Lipinski definition) is 2. The highest BCUT2D eigenvalue weighted by atomic mass is 32.2. The molecule has 3 aromatic rings. The molecule has 3 aliphatic rings. The number of aromatic nitrogens is 1. The molecule has 0 radical (unpaired) electrons. The molecule has 2 N–H and O–H groups in total. The standard InChI is InChI=1S/C31H32F5N5O3S/c32-22-3-1-19(2-4-22)26(20-9-24(34)12-25(35)10-20)13-30(42)39-29-16-38-15-28(36)27(29)11-21-14-31(21)18-37-6-8-41(31)45(43,44)40-7-5-23(33)17-40/h1-4,9-10,12,15-16,21,23,26,37H,5-8,11,13-14,17-18H2,(H,39,42)/t21-,23+,26+,31+/m1/s1. The Labute approximate surface area is 257 Å². The Morgan fingerprint density at radius 1 is 1.02 bits per heavy atom. The van der Waals surface area contributed by atoms with Crippen molar-refractivity contribution in [1.82, 2.24) is 18.9 Å². The van der Waals surface area contributed by atoms with Gasteiger partial charge in [0.15, 0.2) is 0 Å². The van der Waals surface area contributed by atoms with E-state index >= 15 is 4.39 Å². The van der Waals surface area contributed by atoms with Crippen molar-refractivity contribution in [2.45, 2.75) is 43.3 Å². The summed E-state index contributed by atoms with van der Waals surface area (Å²) in [5.74, 6) is -4.63. The molecule has 0 bridgehead atoms. The summed E-state index contributed by atoms with van der Waals surface area (Å²) < 4.78 is 101. The van der Waals surface area contributed by atoms with Gasteiger partial charge in [0.1, 0.15) is 29.4 Å². The van der Waals surface area contributed by atoms with Gasteiger partial charge in [-0.3, -0.25) is 9.78 Å². The lowest BCUT2D eigenvalue weighted by atomic mass is 9.88. The Morgan fingerprint density at radius 3 is 2.44 bits per heavy atom. The molecule has 2 aromatic carbocycles. The molecule has 1 saturated carbocycles. The van der Waals surface area contributed by atoms with E-state index in [2.05, 4.69) is 15.6 Å². The van der Waals surface area contributed by atoms with Crippen LogP contribution in [0.1, 0.15) is 41.9 Å². The van der Waals surface area contributed by atoms with Crippen LogP contribution in [0.25, 0.3) is 0 Å². The molecular formula is C31H32F5N5O3S. The van der Waals surface area contributed by atoms with E-state index in [1.165, 1.54) is 39.1 Å². The van der Waals surface area contributed by atoms with Crippen LogP contribution in [-0.4, -0.2) is 72.4 Å². The fourth-order valence-corrected chi connectivity index (χ4v) is 8.67. The third-order valence-electron chi connectivity index (χ3n) is 9.00. The quantitative estimate of drug-likeness (QED) is 0.338. The molecule has 2 aliphatic heterocycles. The number of nitrogens with one attached hydrogen (secondary N) is 2. The number of nitrogens with zero attached hydrogens (tertiary/aromatic N) is 3. The maximum Gasteiger partial charge on any atom is 0.282 e. The molecule has 45 heavy (non-hydrogen) atoms. The van der Waals surface area contributed by atoms with Gasteiger partial charge in [-0.1, -0.05) is 12.1 Å². The molecule has 1 amide bonds. The van der Waals surface area contributed by atoms with Crippen LogP contribution in [0.15, 0.2) is 54.9 Å². The number of rotatable bonds is 9. The van der Waals surface area contributed by atoms with Crippen LogP contribution in [0.2, 0.25) is 0 Å². The predicted molar refractivity (Wildman–Crippen MR) is 156 cm³/mol. The van der Waals surface area contributed by atoms with Crippen LogP contribution >= 0.6 is 0 Å². The van der Waals surface area contributed by atoms with Crippen molar-refractivity contribution < 1.29 is 35.2 Å². The third kappa shape index (κ3) is 6.46. The summed E-state index contributed by atoms with van der Waals surface area (Å²) in [6.45, 7) is 0.881. The van der Waals surface area contributed by atoms with Gasteiger partial charge in [0.05, 0.1) is 23.6 Å². The van der Waals surface area contributed by atoms with Crippen molar-refractivity contribution in [2.75, 3.05) is 38.0 Å². The van der Waals surface area contributed by atoms with E-state index in [0.29, 0.717) is 31.1 Å². The number of carbonyl (C=O) groups is 1. The second-order valence-electron chi connectivity index (χ2n) is 11.9. The van der Waals surface area contributed by atoms with Gasteiger partial charge in [0.25, 0.3) is 10.2 Å². The van der Waals surface area contributed by atoms with E-state index < -0.39 is 57.0 Å². The molecule has 3 heterocycles. The molecular weight excluding hydrogens is 617 g/mol. The number of halogens is 5. The van der Waals surface area contributed by atoms with E-state index in [1.807, 2.05) is 0 Å². The van der Waals surface area contributed by atoms with Crippen molar-refractivity contribution >= 4 is 21.8 Å². The van der Waals surface area contributed by atoms with Crippen LogP contribution in [0, 0.1) is 29.2 Å². The Morgan fingerprint density at radius 2 is 1.76 bits per heavy atom. The first kappa shape index (κ1) is 31.5. The topological polar surface area (TPSA) is 94.6 Å². The summed E-state index contributed by atoms with van der Waals surface area (Å²) in [6.07, 6.45) is 1.46. The SMILES string of the molecule is O=C(C[C@@H](c1ccc(F)cc1)c1cc(F)cc(F)c1)Nc1cncc(F)c1C[C@@H]1C[C@]12CNCCN2S(=O)(=O)N1CC[C@H](F)C1. The minimum absolute atomic E-state index is 0.0864. The number of hydrogen-bond acceptors (Lipinski definition) is 5. The summed E-state index contributed by atoms with van der Waals surface area (Å²) in [5, 5.41) is 5.91. The molecule has 8 nitrogen and oxygen atoms in total. The van der Waals surface area contributed by atoms with Crippen molar-refractivity contribution in [3.63, 3.8) is 0 Å². The maximum absolute atomic E-state index is 15.3. The van der Waals surface area contributed by atoms with Crippen LogP contribution < -0.4 is 10.6 Å². The first-order valence-corrected chi connectivity index (χ1v) is 16.1. The maximum atomic E-state index is 15.3. The highest BCUT2D eigenvalue weighted by Gasteiger charge is 2.63. The highest BCUT2D eigenvalue weighted by molar-refractivity contribution is 7.86. The van der Waals surface area contributed by atoms with E-state index in [9.17, 15) is 30.8 Å². The lowest BCUT2D eigenvalue weighted by Gasteiger charge is -2.38. The molecule has 1 aliphatic carbocycles. The third-order valence-corrected chi connectivity index (χ3v) is 11.1. The zero-order valence-corrected chi connectivity index (χ0v) is 25.0. The van der Waals surface area contributed by atoms with Gasteiger partial charge < -0.3 is 10.6 Å². The normalized spacial score (nSPS) is 24.6. The van der Waals surface area contributed by atoms with Crippen LogP contribution in [-0.2, 0) is 21.4 Å². The Balaban J connectivity index is 1.22. The fourth-order valence-electron chi connectivity index (χ4n) is 6.64. The summed E-state index contributed by atoms with van der Waals surface area (Å²) in [5.41, 5.74) is 0.0104. The summed E-state index contributed by atoms with van der Waals surface area (Å²) in [6, 6.07) is 8.10. The van der Waals surface area contributed by atoms with E-state index in [4.69, 9.17) is 0 Å². The number of benzene rings is 2. The van der Waals surface area contributed by atoms with Gasteiger partial charge in [0.2, 0.25) is 5.91 Å². The minimum Gasteiger partial charge on any atom is -0.324 e. The Hall–Kier alpha value is -3.46. The molecule has 1 spiro atoms. The van der Waals surface area contributed by atoms with Crippen LogP contribution in [0.3, 0.4) is 0 Å². The second-order valence-corrected chi connectivity index (χ2v) is 13.8. The average Bonchev–Trinajstić information content (AvgIpc) is 3.44. The molecule has 2 saturated heterocycles. The Bertz CT molecular complexity index is 1680. The molecule has 240 valence electrons. The van der Waals surface area contributed by atoms with E-state index in [-0.39, 0.29) is 61.6 Å². The molecule has 14 heteroatoms. The van der Waals surface area contributed by atoms with Gasteiger partial charge >= 0.3 is 0 Å². The zero-order chi connectivity index (χ0) is 31.9. The number of carbonyl (C=O) groups excluding carboxylic acids is 1. The molecule has 1 aromatic heterocycles. The molecule has 3 fully saturated rings. The lowest BCUT2D eigenvalue weighted by Crippen LogP contribution is -2.59. The van der Waals surface area contributed by atoms with Crippen molar-refractivity contribution in [2.24, 2.45) is 5.92 Å². The van der Waals surface area contributed by atoms with Gasteiger partial charge in [-0.15, -0.1) is 0 Å². The summed E-state index contributed by atoms with van der Waals surface area (Å²) in [7, 11) is -3.95. The van der Waals surface area contributed by atoms with Gasteiger partial charge in [0, 0.05) is 56.7 Å².